The smallest absolute Gasteiger partial charge is 0.195 e. The molecule has 2 aromatic carbocycles. The van der Waals surface area contributed by atoms with Gasteiger partial charge in [-0.05, 0) is 67.2 Å². The molecule has 1 fully saturated rings. The predicted molar refractivity (Wildman–Crippen MR) is 117 cm³/mol. The molecule has 7 heteroatoms. The van der Waals surface area contributed by atoms with Crippen molar-refractivity contribution >= 4 is 5.78 Å². The fourth-order valence-electron chi connectivity index (χ4n) is 4.14. The van der Waals surface area contributed by atoms with Gasteiger partial charge in [-0.15, -0.1) is 0 Å². The van der Waals surface area contributed by atoms with E-state index in [1.807, 2.05) is 6.07 Å². The van der Waals surface area contributed by atoms with E-state index in [9.17, 15) is 9.90 Å². The molecule has 2 aromatic rings. The molecule has 3 rings (SSSR count). The molecule has 1 heterocycles. The molecule has 1 atom stereocenters. The summed E-state index contributed by atoms with van der Waals surface area (Å²) in [6.45, 7) is 2.73. The van der Waals surface area contributed by atoms with E-state index in [-0.39, 0.29) is 6.61 Å². The molecule has 168 valence electrons. The minimum Gasteiger partial charge on any atom is -0.496 e. The number of aliphatic hydroxyl groups is 2. The number of carbonyl (C=O) groups is 1. The topological polar surface area (TPSA) is 88.5 Å². The first-order valence-electron chi connectivity index (χ1n) is 10.5. The van der Waals surface area contributed by atoms with E-state index in [4.69, 9.17) is 19.3 Å². The van der Waals surface area contributed by atoms with Gasteiger partial charge >= 0.3 is 0 Å². The lowest BCUT2D eigenvalue weighted by Gasteiger charge is -2.32. The van der Waals surface area contributed by atoms with Crippen LogP contribution in [-0.4, -0.2) is 68.5 Å². The number of carbonyl (C=O) groups excluding carboxylic acids is 1. The maximum Gasteiger partial charge on any atom is 0.195 e. The van der Waals surface area contributed by atoms with Crippen molar-refractivity contribution in [2.45, 2.75) is 24.9 Å². The van der Waals surface area contributed by atoms with Gasteiger partial charge in [0.15, 0.2) is 17.3 Å². The number of aliphatic hydroxyl groups excluding tert-OH is 2. The Morgan fingerprint density at radius 1 is 1.00 bits per heavy atom. The fourth-order valence-corrected chi connectivity index (χ4v) is 4.14. The number of ether oxygens (including phenoxy) is 3. The van der Waals surface area contributed by atoms with E-state index >= 15 is 0 Å². The molecule has 2 N–H and O–H groups in total. The highest BCUT2D eigenvalue weighted by atomic mass is 16.5. The van der Waals surface area contributed by atoms with Gasteiger partial charge in [0.2, 0.25) is 0 Å². The molecule has 1 aliphatic heterocycles. The third kappa shape index (κ3) is 5.18. The van der Waals surface area contributed by atoms with Gasteiger partial charge in [0, 0.05) is 12.1 Å². The highest BCUT2D eigenvalue weighted by molar-refractivity contribution is 6.00. The number of methoxy groups -OCH3 is 3. The molecular formula is C24H31NO6. The summed E-state index contributed by atoms with van der Waals surface area (Å²) in [5.74, 6) is 1.55. The van der Waals surface area contributed by atoms with E-state index in [0.717, 1.165) is 31.5 Å². The number of Topliss-reactive ketones (excluding diaryl/α,β-unsaturated/α-hetero) is 1. The lowest BCUT2D eigenvalue weighted by atomic mass is 9.87. The fraction of sp³-hybridized carbons (Fsp3) is 0.458. The normalized spacial score (nSPS) is 16.0. The third-order valence-corrected chi connectivity index (χ3v) is 5.93. The standard InChI is InChI=1S/C24H31NO6/c1-29-20-7-5-18(15-22(20)31-3)24(28)23(27)17-4-6-19(21(14-17)30-2)16-8-10-25(11-9-16)12-13-26/h4-7,14-16,23,26-27H,8-13H2,1-3H3. The number of ketones is 1. The third-order valence-electron chi connectivity index (χ3n) is 5.93. The zero-order chi connectivity index (χ0) is 22.4. The number of nitrogens with zero attached hydrogens (tertiary/aromatic N) is 1. The number of rotatable bonds is 9. The lowest BCUT2D eigenvalue weighted by molar-refractivity contribution is 0.0746. The molecule has 1 aliphatic rings. The van der Waals surface area contributed by atoms with Gasteiger partial charge in [0.1, 0.15) is 11.9 Å². The van der Waals surface area contributed by atoms with Crippen molar-refractivity contribution in [2.75, 3.05) is 47.6 Å². The molecule has 0 aliphatic carbocycles. The Bertz CT molecular complexity index is 892. The van der Waals surface area contributed by atoms with Crippen molar-refractivity contribution in [2.24, 2.45) is 0 Å². The highest BCUT2D eigenvalue weighted by Gasteiger charge is 2.26. The van der Waals surface area contributed by atoms with Crippen LogP contribution in [0.5, 0.6) is 17.2 Å². The van der Waals surface area contributed by atoms with E-state index in [0.29, 0.717) is 40.8 Å². The number of likely N-dealkylation sites (tertiary alicyclic amines) is 1. The molecule has 0 spiro atoms. The summed E-state index contributed by atoms with van der Waals surface area (Å²) >= 11 is 0. The summed E-state index contributed by atoms with van der Waals surface area (Å²) in [4.78, 5) is 15.1. The first-order valence-corrected chi connectivity index (χ1v) is 10.5. The molecule has 31 heavy (non-hydrogen) atoms. The Morgan fingerprint density at radius 2 is 1.68 bits per heavy atom. The summed E-state index contributed by atoms with van der Waals surface area (Å²) in [5.41, 5.74) is 1.91. The van der Waals surface area contributed by atoms with Crippen LogP contribution < -0.4 is 14.2 Å². The van der Waals surface area contributed by atoms with Crippen molar-refractivity contribution in [1.29, 1.82) is 0 Å². The Labute approximate surface area is 183 Å². The molecule has 1 unspecified atom stereocenters. The van der Waals surface area contributed by atoms with Crippen LogP contribution in [0.25, 0.3) is 0 Å². The van der Waals surface area contributed by atoms with Gasteiger partial charge in [0.05, 0.1) is 27.9 Å². The molecule has 0 saturated carbocycles. The highest BCUT2D eigenvalue weighted by Crippen LogP contribution is 2.36. The van der Waals surface area contributed by atoms with Crippen molar-refractivity contribution < 1.29 is 29.2 Å². The van der Waals surface area contributed by atoms with Crippen molar-refractivity contribution in [3.8, 4) is 17.2 Å². The monoisotopic (exact) mass is 429 g/mol. The molecule has 7 nitrogen and oxygen atoms in total. The quantitative estimate of drug-likeness (QED) is 0.593. The first kappa shape index (κ1) is 23.1. The lowest BCUT2D eigenvalue weighted by Crippen LogP contribution is -2.35. The second-order valence-electron chi connectivity index (χ2n) is 7.68. The first-order chi connectivity index (χ1) is 15.0. The van der Waals surface area contributed by atoms with Crippen LogP contribution in [0.15, 0.2) is 36.4 Å². The molecule has 0 aromatic heterocycles. The Kier molecular flexibility index (Phi) is 7.90. The molecule has 1 saturated heterocycles. The van der Waals surface area contributed by atoms with Gasteiger partial charge in [0.25, 0.3) is 0 Å². The molecule has 0 amide bonds. The SMILES string of the molecule is COc1ccc(C(=O)C(O)c2ccc(C3CCN(CCO)CC3)c(OC)c2)cc1OC. The largest absolute Gasteiger partial charge is 0.496 e. The van der Waals surface area contributed by atoms with Crippen LogP contribution in [0.4, 0.5) is 0 Å². The average Bonchev–Trinajstić information content (AvgIpc) is 2.83. The van der Waals surface area contributed by atoms with E-state index < -0.39 is 11.9 Å². The van der Waals surface area contributed by atoms with E-state index in [1.165, 1.54) is 14.2 Å². The predicted octanol–water partition coefficient (Wildman–Crippen LogP) is 2.80. The summed E-state index contributed by atoms with van der Waals surface area (Å²) in [5, 5.41) is 19.9. The van der Waals surface area contributed by atoms with E-state index in [1.54, 1.807) is 37.4 Å². The number of piperidine rings is 1. The van der Waals surface area contributed by atoms with Gasteiger partial charge in [-0.25, -0.2) is 0 Å². The number of benzene rings is 2. The van der Waals surface area contributed by atoms with E-state index in [2.05, 4.69) is 4.90 Å². The summed E-state index contributed by atoms with van der Waals surface area (Å²) in [7, 11) is 4.63. The van der Waals surface area contributed by atoms with Crippen molar-refractivity contribution in [3.63, 3.8) is 0 Å². The van der Waals surface area contributed by atoms with Crippen LogP contribution in [0.2, 0.25) is 0 Å². The van der Waals surface area contributed by atoms with Crippen molar-refractivity contribution in [1.82, 2.24) is 4.90 Å². The van der Waals surface area contributed by atoms with Gasteiger partial charge in [-0.1, -0.05) is 12.1 Å². The minimum atomic E-state index is -1.31. The number of hydrogen-bond donors (Lipinski definition) is 2. The van der Waals surface area contributed by atoms with Crippen LogP contribution in [0.1, 0.15) is 46.3 Å². The van der Waals surface area contributed by atoms with Crippen LogP contribution in [0.3, 0.4) is 0 Å². The molecule has 0 bridgehead atoms. The Morgan fingerprint density at radius 3 is 2.29 bits per heavy atom. The van der Waals surface area contributed by atoms with Crippen LogP contribution in [-0.2, 0) is 0 Å². The van der Waals surface area contributed by atoms with Gasteiger partial charge in [-0.2, -0.15) is 0 Å². The summed E-state index contributed by atoms with van der Waals surface area (Å²) < 4.78 is 16.1. The summed E-state index contributed by atoms with van der Waals surface area (Å²) in [6.07, 6.45) is 0.638. The number of β-amino-alcohol motifs (C(OH)–C–C–N with tert-alkyl or cyclic N) is 1. The number of hydrogen-bond acceptors (Lipinski definition) is 7. The maximum atomic E-state index is 12.9. The van der Waals surface area contributed by atoms with Gasteiger partial charge < -0.3 is 29.3 Å². The van der Waals surface area contributed by atoms with Gasteiger partial charge in [-0.3, -0.25) is 4.79 Å². The Balaban J connectivity index is 1.78. The second kappa shape index (κ2) is 10.6. The Hall–Kier alpha value is -2.61. The summed E-state index contributed by atoms with van der Waals surface area (Å²) in [6, 6.07) is 10.3. The second-order valence-corrected chi connectivity index (χ2v) is 7.68. The van der Waals surface area contributed by atoms with Crippen molar-refractivity contribution in [3.05, 3.63) is 53.1 Å². The zero-order valence-electron chi connectivity index (χ0n) is 18.3. The maximum absolute atomic E-state index is 12.9. The van der Waals surface area contributed by atoms with Crippen LogP contribution >= 0.6 is 0 Å². The zero-order valence-corrected chi connectivity index (χ0v) is 18.3. The van der Waals surface area contributed by atoms with Crippen LogP contribution in [0, 0.1) is 0 Å². The molecule has 0 radical (unpaired) electrons. The molecular weight excluding hydrogens is 398 g/mol. The minimum absolute atomic E-state index is 0.175. The average molecular weight is 430 g/mol.